The van der Waals surface area contributed by atoms with Crippen molar-refractivity contribution in [2.45, 2.75) is 44.6 Å². The van der Waals surface area contributed by atoms with Gasteiger partial charge in [0.2, 0.25) is 15.8 Å². The largest absolute Gasteiger partial charge is 0.460 e. The van der Waals surface area contributed by atoms with Gasteiger partial charge in [0.05, 0.1) is 23.1 Å². The summed E-state index contributed by atoms with van der Waals surface area (Å²) in [5, 5.41) is -0.664. The van der Waals surface area contributed by atoms with E-state index in [1.807, 2.05) is 0 Å². The number of halogens is 2. The molecular weight excluding hydrogens is 405 g/mol. The summed E-state index contributed by atoms with van der Waals surface area (Å²) in [6, 6.07) is 2.26. The van der Waals surface area contributed by atoms with Crippen molar-refractivity contribution in [2.75, 3.05) is 6.61 Å². The minimum Gasteiger partial charge on any atom is -0.460 e. The molecule has 0 aromatic heterocycles. The van der Waals surface area contributed by atoms with Gasteiger partial charge in [0, 0.05) is 11.1 Å². The highest BCUT2D eigenvalue weighted by Crippen LogP contribution is 2.33. The van der Waals surface area contributed by atoms with Gasteiger partial charge >= 0.3 is 5.97 Å². The molecule has 0 bridgehead atoms. The number of esters is 1. The van der Waals surface area contributed by atoms with Crippen molar-refractivity contribution in [1.82, 2.24) is 4.72 Å². The van der Waals surface area contributed by atoms with Gasteiger partial charge in [-0.3, -0.25) is 9.59 Å². The molecule has 10 heteroatoms. The van der Waals surface area contributed by atoms with E-state index in [0.717, 1.165) is 12.1 Å². The molecule has 0 saturated carbocycles. The van der Waals surface area contributed by atoms with Gasteiger partial charge in [0.1, 0.15) is 4.90 Å². The van der Waals surface area contributed by atoms with Crippen LogP contribution in [0.4, 0.5) is 0 Å². The number of nitrogens with one attached hydrogen (secondary N) is 1. The Morgan fingerprint density at radius 3 is 2.19 bits per heavy atom. The van der Waals surface area contributed by atoms with E-state index in [-0.39, 0.29) is 27.1 Å². The van der Waals surface area contributed by atoms with Crippen molar-refractivity contribution in [3.05, 3.63) is 27.7 Å². The normalized spacial score (nSPS) is 11.9. The van der Waals surface area contributed by atoms with Gasteiger partial charge in [-0.2, -0.15) is 0 Å². The molecule has 0 unspecified atom stereocenters. The molecule has 0 amide bonds. The lowest BCUT2D eigenvalue weighted by Gasteiger charge is -2.21. The first-order valence-electron chi connectivity index (χ1n) is 7.55. The second-order valence-corrected chi connectivity index (χ2v) is 8.75. The molecule has 0 aliphatic carbocycles. The summed E-state index contributed by atoms with van der Waals surface area (Å²) in [7, 11) is -3.98. The van der Waals surface area contributed by atoms with E-state index in [2.05, 4.69) is 9.46 Å². The fraction of sp³-hybridized carbons (Fsp3) is 0.438. The summed E-state index contributed by atoms with van der Waals surface area (Å²) in [6.45, 7) is 6.48. The fourth-order valence-electron chi connectivity index (χ4n) is 1.94. The first kappa shape index (κ1) is 22.6. The van der Waals surface area contributed by atoms with E-state index in [0.29, 0.717) is 0 Å². The average Bonchev–Trinajstić information content (AvgIpc) is 2.47. The molecule has 0 fully saturated rings. The molecule has 7 nitrogen and oxygen atoms in total. The van der Waals surface area contributed by atoms with Crippen molar-refractivity contribution in [3.63, 3.8) is 0 Å². The number of hydrogen-bond acceptors (Lipinski definition) is 6. The Kier molecular flexibility index (Phi) is 7.35. The average molecular weight is 424 g/mol. The Hall–Kier alpha value is -1.48. The van der Waals surface area contributed by atoms with Crippen molar-refractivity contribution in [3.8, 4) is 0 Å². The number of sulfonamides is 1. The third kappa shape index (κ3) is 5.77. The van der Waals surface area contributed by atoms with E-state index >= 15 is 0 Å². The molecule has 1 rings (SSSR count). The zero-order valence-corrected chi connectivity index (χ0v) is 17.0. The number of ketones is 2. The summed E-state index contributed by atoms with van der Waals surface area (Å²) >= 11 is 12.0. The van der Waals surface area contributed by atoms with Crippen LogP contribution in [0.3, 0.4) is 0 Å². The minimum absolute atomic E-state index is 0.00131. The van der Waals surface area contributed by atoms with Crippen molar-refractivity contribution in [1.29, 1.82) is 0 Å². The van der Waals surface area contributed by atoms with Crippen LogP contribution in [-0.4, -0.2) is 38.1 Å². The van der Waals surface area contributed by atoms with Gasteiger partial charge in [0.15, 0.2) is 5.78 Å². The molecule has 144 valence electrons. The Labute approximate surface area is 162 Å². The minimum atomic E-state index is -3.98. The Balaban J connectivity index is 3.16. The lowest BCUT2D eigenvalue weighted by atomic mass is 10.1. The SMILES string of the molecule is CCOC(=O)C(=O)CC(=O)c1ccc(S(=O)(=O)NC(C)(C)C)c(Cl)c1Cl. The highest BCUT2D eigenvalue weighted by Gasteiger charge is 2.28. The summed E-state index contributed by atoms with van der Waals surface area (Å²) in [5.41, 5.74) is -0.918. The van der Waals surface area contributed by atoms with Gasteiger partial charge in [0.25, 0.3) is 0 Å². The third-order valence-electron chi connectivity index (χ3n) is 2.90. The zero-order chi connectivity index (χ0) is 20.3. The molecule has 1 aromatic rings. The van der Waals surface area contributed by atoms with Crippen LogP contribution < -0.4 is 4.72 Å². The highest BCUT2D eigenvalue weighted by atomic mass is 35.5. The maximum Gasteiger partial charge on any atom is 0.375 e. The van der Waals surface area contributed by atoms with E-state index < -0.39 is 39.5 Å². The maximum atomic E-state index is 12.4. The molecule has 0 heterocycles. The van der Waals surface area contributed by atoms with E-state index in [1.54, 1.807) is 20.8 Å². The van der Waals surface area contributed by atoms with Gasteiger partial charge in [-0.05, 0) is 39.8 Å². The molecule has 0 aliphatic rings. The van der Waals surface area contributed by atoms with E-state index in [9.17, 15) is 22.8 Å². The van der Waals surface area contributed by atoms with Crippen molar-refractivity contribution >= 4 is 50.8 Å². The number of benzene rings is 1. The Bertz CT molecular complexity index is 843. The van der Waals surface area contributed by atoms with Crippen LogP contribution in [0.25, 0.3) is 0 Å². The number of carbonyl (C=O) groups is 3. The maximum absolute atomic E-state index is 12.4. The van der Waals surface area contributed by atoms with Gasteiger partial charge in [-0.1, -0.05) is 23.2 Å². The number of hydrogen-bond donors (Lipinski definition) is 1. The van der Waals surface area contributed by atoms with Crippen LogP contribution >= 0.6 is 23.2 Å². The third-order valence-corrected chi connectivity index (χ3v) is 5.70. The molecule has 1 N–H and O–H groups in total. The van der Waals surface area contributed by atoms with Crippen LogP contribution in [-0.2, 0) is 24.3 Å². The van der Waals surface area contributed by atoms with E-state index in [1.165, 1.54) is 6.92 Å². The van der Waals surface area contributed by atoms with Crippen molar-refractivity contribution < 1.29 is 27.5 Å². The second kappa shape index (κ2) is 8.47. The lowest BCUT2D eigenvalue weighted by Crippen LogP contribution is -2.40. The fourth-order valence-corrected chi connectivity index (χ4v) is 4.23. The molecule has 0 spiro atoms. The van der Waals surface area contributed by atoms with Crippen molar-refractivity contribution in [2.24, 2.45) is 0 Å². The Morgan fingerprint density at radius 2 is 1.69 bits per heavy atom. The molecule has 1 aromatic carbocycles. The topological polar surface area (TPSA) is 107 Å². The number of ether oxygens (including phenoxy) is 1. The smallest absolute Gasteiger partial charge is 0.375 e. The van der Waals surface area contributed by atoms with Gasteiger partial charge in [-0.15, -0.1) is 0 Å². The lowest BCUT2D eigenvalue weighted by molar-refractivity contribution is -0.153. The quantitative estimate of drug-likeness (QED) is 0.312. The van der Waals surface area contributed by atoms with Crippen LogP contribution in [0.15, 0.2) is 17.0 Å². The van der Waals surface area contributed by atoms with Gasteiger partial charge in [-0.25, -0.2) is 17.9 Å². The summed E-state index contributed by atoms with van der Waals surface area (Å²) < 4.78 is 31.7. The molecule has 0 radical (unpaired) electrons. The first-order valence-corrected chi connectivity index (χ1v) is 9.79. The van der Waals surface area contributed by atoms with E-state index in [4.69, 9.17) is 23.2 Å². The molecule has 0 saturated heterocycles. The first-order chi connectivity index (χ1) is 11.8. The van der Waals surface area contributed by atoms with Crippen LogP contribution in [0, 0.1) is 0 Å². The number of rotatable bonds is 7. The molecule has 0 aliphatic heterocycles. The summed E-state index contributed by atoms with van der Waals surface area (Å²) in [5.74, 6) is -2.94. The predicted molar refractivity (Wildman–Crippen MR) is 97.1 cm³/mol. The number of carbonyl (C=O) groups excluding carboxylic acids is 3. The van der Waals surface area contributed by atoms with Crippen LogP contribution in [0.1, 0.15) is 44.5 Å². The Morgan fingerprint density at radius 1 is 1.12 bits per heavy atom. The molecule has 0 atom stereocenters. The molecular formula is C16H19Cl2NO6S. The highest BCUT2D eigenvalue weighted by molar-refractivity contribution is 7.89. The van der Waals surface area contributed by atoms with Crippen LogP contribution in [0.2, 0.25) is 10.0 Å². The monoisotopic (exact) mass is 423 g/mol. The van der Waals surface area contributed by atoms with Gasteiger partial charge < -0.3 is 4.74 Å². The van der Waals surface area contributed by atoms with Crippen LogP contribution in [0.5, 0.6) is 0 Å². The number of Topliss-reactive ketones (excluding diaryl/α,β-unsaturated/α-hetero) is 2. The summed E-state index contributed by atoms with van der Waals surface area (Å²) in [6.07, 6.45) is -0.763. The molecule has 26 heavy (non-hydrogen) atoms. The second-order valence-electron chi connectivity index (χ2n) is 6.34. The summed E-state index contributed by atoms with van der Waals surface area (Å²) in [4.78, 5) is 34.8. The standard InChI is InChI=1S/C16H19Cl2NO6S/c1-5-25-15(22)11(21)8-10(20)9-6-7-12(14(18)13(9)17)26(23,24)19-16(2,3)4/h6-7,19H,5,8H2,1-4H3. The predicted octanol–water partition coefficient (Wildman–Crippen LogP) is 2.78. The zero-order valence-electron chi connectivity index (χ0n) is 14.7.